The predicted octanol–water partition coefficient (Wildman–Crippen LogP) is 3.53. The van der Waals surface area contributed by atoms with Crippen LogP contribution < -0.4 is 4.74 Å². The van der Waals surface area contributed by atoms with Gasteiger partial charge in [0.15, 0.2) is 14.5 Å². The molecule has 0 saturated carbocycles. The zero-order valence-corrected chi connectivity index (χ0v) is 17.2. The number of nitrogens with zero attached hydrogens (tertiary/aromatic N) is 1. The van der Waals surface area contributed by atoms with Crippen LogP contribution in [0.1, 0.15) is 39.2 Å². The molecule has 25 heavy (non-hydrogen) atoms. The van der Waals surface area contributed by atoms with Crippen LogP contribution in [0, 0.1) is 0 Å². The van der Waals surface area contributed by atoms with E-state index >= 15 is 0 Å². The molecule has 0 aliphatic carbocycles. The SMILES string of the molecule is COc1ccc(CN2C(=O)CC[C@H](O[Si](C)(C)C(C)(C)C)C2O)cc1. The highest BCUT2D eigenvalue weighted by Crippen LogP contribution is 2.39. The highest BCUT2D eigenvalue weighted by molar-refractivity contribution is 6.74. The van der Waals surface area contributed by atoms with Crippen LogP contribution in [0.3, 0.4) is 0 Å². The molecule has 2 atom stereocenters. The van der Waals surface area contributed by atoms with Crippen molar-refractivity contribution in [1.29, 1.82) is 0 Å². The van der Waals surface area contributed by atoms with Crippen LogP contribution in [0.25, 0.3) is 0 Å². The van der Waals surface area contributed by atoms with E-state index in [-0.39, 0.29) is 17.0 Å². The van der Waals surface area contributed by atoms with Crippen molar-refractivity contribution in [2.24, 2.45) is 0 Å². The minimum Gasteiger partial charge on any atom is -0.497 e. The average molecular weight is 366 g/mol. The van der Waals surface area contributed by atoms with Gasteiger partial charge in [-0.25, -0.2) is 0 Å². The Bertz CT molecular complexity index is 594. The number of methoxy groups -OCH3 is 1. The molecule has 1 heterocycles. The Morgan fingerprint density at radius 2 is 1.84 bits per heavy atom. The lowest BCUT2D eigenvalue weighted by atomic mass is 10.0. The van der Waals surface area contributed by atoms with Gasteiger partial charge >= 0.3 is 0 Å². The van der Waals surface area contributed by atoms with E-state index < -0.39 is 14.5 Å². The molecule has 1 aliphatic rings. The Labute approximate surface area is 152 Å². The topological polar surface area (TPSA) is 59.0 Å². The number of amides is 1. The predicted molar refractivity (Wildman–Crippen MR) is 101 cm³/mol. The maximum Gasteiger partial charge on any atom is 0.225 e. The summed E-state index contributed by atoms with van der Waals surface area (Å²) in [5, 5.41) is 10.8. The Balaban J connectivity index is 2.11. The van der Waals surface area contributed by atoms with E-state index in [9.17, 15) is 9.90 Å². The molecule has 0 spiro atoms. The first-order chi connectivity index (χ1) is 11.5. The number of ether oxygens (including phenoxy) is 1. The molecule has 1 aromatic rings. The van der Waals surface area contributed by atoms with E-state index in [0.717, 1.165) is 11.3 Å². The van der Waals surface area contributed by atoms with Crippen molar-refractivity contribution >= 4 is 14.2 Å². The number of aliphatic hydroxyl groups is 1. The number of carbonyl (C=O) groups excluding carboxylic acids is 1. The number of hydrogen-bond acceptors (Lipinski definition) is 4. The molecule has 0 bridgehead atoms. The number of hydrogen-bond donors (Lipinski definition) is 1. The molecular weight excluding hydrogens is 334 g/mol. The van der Waals surface area contributed by atoms with Crippen molar-refractivity contribution in [3.63, 3.8) is 0 Å². The van der Waals surface area contributed by atoms with Gasteiger partial charge in [0.1, 0.15) is 5.75 Å². The summed E-state index contributed by atoms with van der Waals surface area (Å²) in [7, 11) is -0.384. The third-order valence-corrected chi connectivity index (χ3v) is 9.88. The van der Waals surface area contributed by atoms with Gasteiger partial charge in [0.25, 0.3) is 0 Å². The van der Waals surface area contributed by atoms with Gasteiger partial charge in [-0.05, 0) is 42.2 Å². The van der Waals surface area contributed by atoms with E-state index in [1.807, 2.05) is 24.3 Å². The summed E-state index contributed by atoms with van der Waals surface area (Å²) in [4.78, 5) is 13.9. The monoisotopic (exact) mass is 365 g/mol. The maximum atomic E-state index is 12.3. The fraction of sp³-hybridized carbons (Fsp3) is 0.632. The molecule has 1 aromatic carbocycles. The number of piperidine rings is 1. The summed E-state index contributed by atoms with van der Waals surface area (Å²) < 4.78 is 11.5. The summed E-state index contributed by atoms with van der Waals surface area (Å²) in [5.41, 5.74) is 0.959. The van der Waals surface area contributed by atoms with Crippen molar-refractivity contribution in [2.75, 3.05) is 7.11 Å². The van der Waals surface area contributed by atoms with Crippen LogP contribution in [0.2, 0.25) is 18.1 Å². The highest BCUT2D eigenvalue weighted by atomic mass is 28.4. The third kappa shape index (κ3) is 4.62. The van der Waals surface area contributed by atoms with Crippen LogP contribution in [0.15, 0.2) is 24.3 Å². The van der Waals surface area contributed by atoms with Crippen molar-refractivity contribution in [3.8, 4) is 5.75 Å². The third-order valence-electron chi connectivity index (χ3n) is 5.38. The summed E-state index contributed by atoms with van der Waals surface area (Å²) in [6, 6.07) is 7.55. The summed E-state index contributed by atoms with van der Waals surface area (Å²) >= 11 is 0. The van der Waals surface area contributed by atoms with Crippen LogP contribution in [-0.2, 0) is 15.8 Å². The van der Waals surface area contributed by atoms with Gasteiger partial charge in [-0.3, -0.25) is 4.79 Å². The quantitative estimate of drug-likeness (QED) is 0.811. The average Bonchev–Trinajstić information content (AvgIpc) is 2.53. The molecule has 1 saturated heterocycles. The Morgan fingerprint density at radius 3 is 2.36 bits per heavy atom. The molecule has 1 amide bonds. The van der Waals surface area contributed by atoms with Gasteiger partial charge in [-0.15, -0.1) is 0 Å². The molecule has 2 rings (SSSR count). The first kappa shape index (κ1) is 19.9. The number of aliphatic hydroxyl groups excluding tert-OH is 1. The van der Waals surface area contributed by atoms with E-state index in [1.165, 1.54) is 4.90 Å². The van der Waals surface area contributed by atoms with Crippen molar-refractivity contribution in [3.05, 3.63) is 29.8 Å². The lowest BCUT2D eigenvalue weighted by Gasteiger charge is -2.44. The second kappa shape index (κ2) is 7.48. The number of rotatable bonds is 5. The lowest BCUT2D eigenvalue weighted by molar-refractivity contribution is -0.161. The fourth-order valence-electron chi connectivity index (χ4n) is 2.69. The molecule has 1 N–H and O–H groups in total. The smallest absolute Gasteiger partial charge is 0.225 e. The molecule has 5 nitrogen and oxygen atoms in total. The second-order valence-corrected chi connectivity index (χ2v) is 13.0. The highest BCUT2D eigenvalue weighted by Gasteiger charge is 2.43. The normalized spacial score (nSPS) is 22.2. The molecule has 0 aromatic heterocycles. The molecule has 0 radical (unpaired) electrons. The zero-order chi connectivity index (χ0) is 18.8. The van der Waals surface area contributed by atoms with E-state index in [2.05, 4.69) is 33.9 Å². The molecule has 140 valence electrons. The zero-order valence-electron chi connectivity index (χ0n) is 16.2. The molecule has 1 fully saturated rings. The largest absolute Gasteiger partial charge is 0.497 e. The van der Waals surface area contributed by atoms with E-state index in [4.69, 9.17) is 9.16 Å². The minimum atomic E-state index is -2.00. The second-order valence-electron chi connectivity index (χ2n) is 8.24. The minimum absolute atomic E-state index is 0.0293. The van der Waals surface area contributed by atoms with Crippen LogP contribution >= 0.6 is 0 Å². The van der Waals surface area contributed by atoms with Gasteiger partial charge in [0.2, 0.25) is 5.91 Å². The number of benzene rings is 1. The number of likely N-dealkylation sites (tertiary alicyclic amines) is 1. The fourth-order valence-corrected chi connectivity index (χ4v) is 4.04. The Hall–Kier alpha value is -1.37. The maximum absolute atomic E-state index is 12.3. The molecule has 1 unspecified atom stereocenters. The van der Waals surface area contributed by atoms with Crippen molar-refractivity contribution in [1.82, 2.24) is 4.90 Å². The van der Waals surface area contributed by atoms with E-state index in [0.29, 0.717) is 19.4 Å². The Kier molecular flexibility index (Phi) is 5.96. The van der Waals surface area contributed by atoms with Crippen LogP contribution in [0.4, 0.5) is 0 Å². The molecule has 1 aliphatic heterocycles. The van der Waals surface area contributed by atoms with Crippen LogP contribution in [-0.4, -0.2) is 43.7 Å². The summed E-state index contributed by atoms with van der Waals surface area (Å²) in [6.45, 7) is 11.2. The summed E-state index contributed by atoms with van der Waals surface area (Å²) in [5.74, 6) is 0.742. The Morgan fingerprint density at radius 1 is 1.24 bits per heavy atom. The van der Waals surface area contributed by atoms with Gasteiger partial charge in [0.05, 0.1) is 13.2 Å². The molecular formula is C19H31NO4Si. The first-order valence-corrected chi connectivity index (χ1v) is 11.7. The van der Waals surface area contributed by atoms with Gasteiger partial charge in [-0.2, -0.15) is 0 Å². The van der Waals surface area contributed by atoms with Crippen LogP contribution in [0.5, 0.6) is 5.75 Å². The van der Waals surface area contributed by atoms with Gasteiger partial charge in [0, 0.05) is 13.0 Å². The van der Waals surface area contributed by atoms with Gasteiger partial charge in [-0.1, -0.05) is 32.9 Å². The lowest BCUT2D eigenvalue weighted by Crippen LogP contribution is -2.56. The number of carbonyl (C=O) groups is 1. The van der Waals surface area contributed by atoms with E-state index in [1.54, 1.807) is 7.11 Å². The van der Waals surface area contributed by atoms with Gasteiger partial charge < -0.3 is 19.2 Å². The standard InChI is InChI=1S/C19H31NO4Si/c1-19(2,3)25(5,6)24-16-11-12-17(21)20(18(16)22)13-14-7-9-15(23-4)10-8-14/h7-10,16,18,22H,11-13H2,1-6H3/t16-,18?/m0/s1. The first-order valence-electron chi connectivity index (χ1n) is 8.83. The molecule has 6 heteroatoms. The van der Waals surface area contributed by atoms with Crippen molar-refractivity contribution in [2.45, 2.75) is 70.6 Å². The van der Waals surface area contributed by atoms with Crippen molar-refractivity contribution < 1.29 is 19.1 Å². The summed E-state index contributed by atoms with van der Waals surface area (Å²) in [6.07, 6.45) is -0.243.